The van der Waals surface area contributed by atoms with Gasteiger partial charge in [0.25, 0.3) is 0 Å². The number of nitrogens with one attached hydrogen (secondary N) is 1. The molecule has 1 amide bonds. The molecule has 0 saturated carbocycles. The zero-order valence-electron chi connectivity index (χ0n) is 7.90. The summed E-state index contributed by atoms with van der Waals surface area (Å²) in [6.07, 6.45) is 0. The maximum absolute atomic E-state index is 11.5. The van der Waals surface area contributed by atoms with Crippen LogP contribution in [0.4, 0.5) is 17.1 Å². The average Bonchev–Trinajstić information content (AvgIpc) is 2.66. The SMILES string of the molecule is CC(Br)C(=O)Nc1cccc2c1N=[Se]=N2. The number of anilines is 1. The molecule has 0 aliphatic carbocycles. The summed E-state index contributed by atoms with van der Waals surface area (Å²) in [7, 11) is 0. The molecule has 6 heteroatoms. The Hall–Kier alpha value is -0.711. The molecule has 2 rings (SSSR count). The Morgan fingerprint density at radius 1 is 1.53 bits per heavy atom. The fourth-order valence-electron chi connectivity index (χ4n) is 1.14. The number of hydrogen-bond donors (Lipinski definition) is 1. The third kappa shape index (κ3) is 2.27. The molecule has 1 aromatic rings. The van der Waals surface area contributed by atoms with E-state index in [9.17, 15) is 4.79 Å². The predicted molar refractivity (Wildman–Crippen MR) is 63.4 cm³/mol. The van der Waals surface area contributed by atoms with Gasteiger partial charge in [0.1, 0.15) is 0 Å². The van der Waals surface area contributed by atoms with Gasteiger partial charge in [-0.05, 0) is 0 Å². The molecular formula is C9H8BrN3OSe. The molecule has 1 aromatic carbocycles. The molecule has 1 N–H and O–H groups in total. The number of rotatable bonds is 2. The molecule has 1 heterocycles. The number of halogens is 1. The molecule has 1 unspecified atom stereocenters. The van der Waals surface area contributed by atoms with Crippen molar-refractivity contribution in [3.63, 3.8) is 0 Å². The quantitative estimate of drug-likeness (QED) is 0.667. The van der Waals surface area contributed by atoms with E-state index in [1.165, 1.54) is 0 Å². The number of carbonyl (C=O) groups is 1. The van der Waals surface area contributed by atoms with Crippen molar-refractivity contribution in [1.29, 1.82) is 0 Å². The molecule has 0 fully saturated rings. The van der Waals surface area contributed by atoms with Crippen LogP contribution >= 0.6 is 15.9 Å². The number of benzene rings is 1. The van der Waals surface area contributed by atoms with Crippen molar-refractivity contribution in [2.45, 2.75) is 11.8 Å². The number of fused-ring (bicyclic) bond motifs is 1. The minimum absolute atomic E-state index is 0.0663. The maximum atomic E-state index is 11.5. The third-order valence-corrected chi connectivity index (χ3v) is 3.46. The van der Waals surface area contributed by atoms with Crippen LogP contribution in [0.25, 0.3) is 0 Å². The van der Waals surface area contributed by atoms with Gasteiger partial charge >= 0.3 is 101 Å². The Labute approximate surface area is 101 Å². The zero-order chi connectivity index (χ0) is 10.8. The van der Waals surface area contributed by atoms with Crippen LogP contribution in [0, 0.1) is 0 Å². The molecule has 1 aliphatic rings. The van der Waals surface area contributed by atoms with E-state index < -0.39 is 0 Å². The van der Waals surface area contributed by atoms with Crippen LogP contribution in [0.3, 0.4) is 0 Å². The predicted octanol–water partition coefficient (Wildman–Crippen LogP) is 2.76. The van der Waals surface area contributed by atoms with E-state index >= 15 is 0 Å². The monoisotopic (exact) mass is 333 g/mol. The Kier molecular flexibility index (Phi) is 3.19. The van der Waals surface area contributed by atoms with Crippen molar-refractivity contribution in [2.75, 3.05) is 5.32 Å². The van der Waals surface area contributed by atoms with Gasteiger partial charge in [0.2, 0.25) is 0 Å². The Morgan fingerprint density at radius 2 is 2.33 bits per heavy atom. The number of alkyl halides is 1. The van der Waals surface area contributed by atoms with E-state index in [2.05, 4.69) is 29.2 Å². The zero-order valence-corrected chi connectivity index (χ0v) is 11.2. The van der Waals surface area contributed by atoms with Crippen molar-refractivity contribution < 1.29 is 4.79 Å². The van der Waals surface area contributed by atoms with Crippen LogP contribution in [0.1, 0.15) is 6.92 Å². The summed E-state index contributed by atoms with van der Waals surface area (Å²) < 4.78 is 8.52. The van der Waals surface area contributed by atoms with E-state index in [-0.39, 0.29) is 25.3 Å². The summed E-state index contributed by atoms with van der Waals surface area (Å²) in [5.41, 5.74) is 2.42. The summed E-state index contributed by atoms with van der Waals surface area (Å²) in [6, 6.07) is 5.61. The first kappa shape index (κ1) is 10.8. The van der Waals surface area contributed by atoms with Gasteiger partial charge < -0.3 is 0 Å². The standard InChI is InChI=1S/C9H8BrN3OSe/c1-5(10)9(14)11-6-3-2-4-7-8(6)13-15-12-7/h2-5H,1H3,(H,11,14). The average molecular weight is 333 g/mol. The van der Waals surface area contributed by atoms with Gasteiger partial charge in [-0.15, -0.1) is 0 Å². The van der Waals surface area contributed by atoms with Gasteiger partial charge in [-0.3, -0.25) is 0 Å². The summed E-state index contributed by atoms with van der Waals surface area (Å²) in [6.45, 7) is 1.78. The Balaban J connectivity index is 2.28. The molecule has 0 bridgehead atoms. The summed E-state index contributed by atoms with van der Waals surface area (Å²) >= 11 is 3.15. The molecule has 1 atom stereocenters. The second-order valence-corrected chi connectivity index (χ2v) is 5.53. The Morgan fingerprint density at radius 3 is 3.07 bits per heavy atom. The second-order valence-electron chi connectivity index (χ2n) is 3.04. The molecule has 0 radical (unpaired) electrons. The first-order valence-electron chi connectivity index (χ1n) is 4.34. The van der Waals surface area contributed by atoms with Crippen molar-refractivity contribution in [2.24, 2.45) is 7.92 Å². The van der Waals surface area contributed by atoms with Crippen LogP contribution in [0.2, 0.25) is 0 Å². The first-order valence-corrected chi connectivity index (χ1v) is 6.79. The summed E-state index contributed by atoms with van der Waals surface area (Å²) in [4.78, 5) is 11.3. The van der Waals surface area contributed by atoms with Crippen molar-refractivity contribution in [3.8, 4) is 0 Å². The van der Waals surface area contributed by atoms with Crippen LogP contribution in [-0.4, -0.2) is 25.3 Å². The molecule has 0 saturated heterocycles. The number of hydrogen-bond acceptors (Lipinski definition) is 3. The van der Waals surface area contributed by atoms with Gasteiger partial charge in [0.05, 0.1) is 0 Å². The van der Waals surface area contributed by atoms with Crippen LogP contribution in [0.15, 0.2) is 26.1 Å². The molecule has 78 valence electrons. The van der Waals surface area contributed by atoms with Gasteiger partial charge in [-0.1, -0.05) is 0 Å². The molecule has 1 aliphatic heterocycles. The van der Waals surface area contributed by atoms with Crippen molar-refractivity contribution >= 4 is 53.5 Å². The third-order valence-electron chi connectivity index (χ3n) is 1.91. The fraction of sp³-hybridized carbons (Fsp3) is 0.222. The van der Waals surface area contributed by atoms with E-state index in [0.717, 1.165) is 17.1 Å². The van der Waals surface area contributed by atoms with Crippen molar-refractivity contribution in [3.05, 3.63) is 18.2 Å². The molecular weight excluding hydrogens is 325 g/mol. The molecule has 0 spiro atoms. The number of carbonyl (C=O) groups excluding carboxylic acids is 1. The van der Waals surface area contributed by atoms with Crippen LogP contribution in [-0.2, 0) is 4.79 Å². The minimum atomic E-state index is -0.211. The van der Waals surface area contributed by atoms with Gasteiger partial charge in [0.15, 0.2) is 0 Å². The molecule has 4 nitrogen and oxygen atoms in total. The Bertz CT molecular complexity index is 480. The summed E-state index contributed by atoms with van der Waals surface area (Å²) in [5, 5.41) is 2.81. The van der Waals surface area contributed by atoms with E-state index in [1.54, 1.807) is 6.92 Å². The van der Waals surface area contributed by atoms with Gasteiger partial charge in [-0.25, -0.2) is 0 Å². The number of amides is 1. The van der Waals surface area contributed by atoms with Crippen LogP contribution in [0.5, 0.6) is 0 Å². The first-order chi connectivity index (χ1) is 7.18. The second kappa shape index (κ2) is 4.43. The molecule has 0 aromatic heterocycles. The van der Waals surface area contributed by atoms with Crippen LogP contribution < -0.4 is 5.32 Å². The normalized spacial score (nSPS) is 14.3. The number of nitrogens with zero attached hydrogens (tertiary/aromatic N) is 2. The van der Waals surface area contributed by atoms with E-state index in [4.69, 9.17) is 0 Å². The van der Waals surface area contributed by atoms with E-state index in [0.29, 0.717) is 0 Å². The van der Waals surface area contributed by atoms with E-state index in [1.807, 2.05) is 18.2 Å². The van der Waals surface area contributed by atoms with Crippen molar-refractivity contribution in [1.82, 2.24) is 0 Å². The fourth-order valence-corrected chi connectivity index (χ4v) is 2.41. The van der Waals surface area contributed by atoms with Gasteiger partial charge in [-0.2, -0.15) is 0 Å². The van der Waals surface area contributed by atoms with Gasteiger partial charge in [0, 0.05) is 0 Å². The topological polar surface area (TPSA) is 53.8 Å². The molecule has 15 heavy (non-hydrogen) atoms. The summed E-state index contributed by atoms with van der Waals surface area (Å²) in [5.74, 6) is -0.0713.